The molecule has 0 fully saturated rings. The van der Waals surface area contributed by atoms with Gasteiger partial charge >= 0.3 is 0 Å². The van der Waals surface area contributed by atoms with Gasteiger partial charge in [0.05, 0.1) is 11.1 Å². The molecular formula is C42H47FIrN3O3-. The predicted octanol–water partition coefficient (Wildman–Crippen LogP) is 11.6. The maximum Gasteiger partial charge on any atom is 0.216 e. The third-order valence-electron chi connectivity index (χ3n) is 10.7. The second kappa shape index (κ2) is 15.1. The molecule has 3 aromatic carbocycles. The van der Waals surface area contributed by atoms with E-state index in [1.54, 1.807) is 13.8 Å². The molecule has 0 amide bonds. The van der Waals surface area contributed by atoms with E-state index in [1.165, 1.54) is 6.08 Å². The van der Waals surface area contributed by atoms with Crippen LogP contribution in [0.3, 0.4) is 0 Å². The fourth-order valence-electron chi connectivity index (χ4n) is 6.30. The number of hydrogen-bond donors (Lipinski definition) is 1. The van der Waals surface area contributed by atoms with E-state index in [0.29, 0.717) is 28.2 Å². The van der Waals surface area contributed by atoms with Crippen molar-refractivity contribution in [3.8, 4) is 11.3 Å². The Balaban J connectivity index is 0.000000269. The van der Waals surface area contributed by atoms with E-state index < -0.39 is 0 Å². The number of furan rings is 1. The van der Waals surface area contributed by atoms with Gasteiger partial charge in [-0.1, -0.05) is 64.6 Å². The van der Waals surface area contributed by atoms with Crippen LogP contribution in [-0.4, -0.2) is 25.8 Å². The van der Waals surface area contributed by atoms with Gasteiger partial charge in [0.15, 0.2) is 5.78 Å². The van der Waals surface area contributed by atoms with Crippen LogP contribution in [0.15, 0.2) is 58.7 Å². The largest absolute Gasteiger partial charge is 0.512 e. The molecule has 0 saturated carbocycles. The molecule has 0 unspecified atom stereocenters. The molecule has 8 heteroatoms. The van der Waals surface area contributed by atoms with Crippen LogP contribution in [0.2, 0.25) is 0 Å². The molecule has 6 rings (SSSR count). The molecule has 50 heavy (non-hydrogen) atoms. The number of rotatable bonds is 8. The number of aromatic nitrogens is 3. The van der Waals surface area contributed by atoms with E-state index in [4.69, 9.17) is 14.4 Å². The van der Waals surface area contributed by atoms with E-state index in [9.17, 15) is 14.3 Å². The van der Waals surface area contributed by atoms with Crippen molar-refractivity contribution in [2.75, 3.05) is 0 Å². The summed E-state index contributed by atoms with van der Waals surface area (Å²) in [5, 5.41) is 14.7. The topological polar surface area (TPSA) is 89.1 Å². The number of pyridine rings is 1. The quantitative estimate of drug-likeness (QED) is 0.0710. The van der Waals surface area contributed by atoms with E-state index in [-0.39, 0.29) is 48.3 Å². The van der Waals surface area contributed by atoms with E-state index in [2.05, 4.69) is 11.1 Å². The molecule has 0 saturated heterocycles. The van der Waals surface area contributed by atoms with Gasteiger partial charge in [0, 0.05) is 59.2 Å². The summed E-state index contributed by atoms with van der Waals surface area (Å²) in [6.07, 6.45) is 4.75. The van der Waals surface area contributed by atoms with Gasteiger partial charge in [-0.25, -0.2) is 14.4 Å². The standard InChI is InChI=1S/C27H19FN3O.C15H28O2.Ir/c1-13-12-17-9-11-20-24(30-16(4)31-25(20)22(17)15(3)23(13)28)21-7-5-6-18-19-10-8-14(2)29-27(19)32-26(18)21;1-7-14(5,8-2)12(16)11-13(17)15(6,9-3)10-4;/h5-6,8-12H,1-4H3;11,16H,7-10H2,1-6H3;/q-1;;/b;12-11-;. The summed E-state index contributed by atoms with van der Waals surface area (Å²) in [6, 6.07) is 17.1. The van der Waals surface area contributed by atoms with Gasteiger partial charge < -0.3 is 9.52 Å². The Morgan fingerprint density at radius 1 is 0.880 bits per heavy atom. The molecule has 265 valence electrons. The molecule has 3 aromatic heterocycles. The fraction of sp³-hybridized carbons (Fsp3) is 0.381. The zero-order valence-electron chi connectivity index (χ0n) is 30.8. The van der Waals surface area contributed by atoms with Gasteiger partial charge in [-0.2, -0.15) is 0 Å². The first kappa shape index (κ1) is 38.8. The normalized spacial score (nSPS) is 12.3. The third-order valence-corrected chi connectivity index (χ3v) is 10.7. The third kappa shape index (κ3) is 6.97. The van der Waals surface area contributed by atoms with Crippen LogP contribution in [0.4, 0.5) is 4.39 Å². The molecule has 0 atom stereocenters. The van der Waals surface area contributed by atoms with Crippen molar-refractivity contribution in [1.29, 1.82) is 0 Å². The first-order valence-corrected chi connectivity index (χ1v) is 17.2. The maximum atomic E-state index is 14.8. The molecule has 1 radical (unpaired) electrons. The smallest absolute Gasteiger partial charge is 0.216 e. The summed E-state index contributed by atoms with van der Waals surface area (Å²) >= 11 is 0. The first-order valence-electron chi connectivity index (χ1n) is 17.2. The fourth-order valence-corrected chi connectivity index (χ4v) is 6.30. The molecular weight excluding hydrogens is 806 g/mol. The number of halogens is 1. The summed E-state index contributed by atoms with van der Waals surface area (Å²) in [7, 11) is 0. The number of nitrogens with zero attached hydrogens (tertiary/aromatic N) is 3. The van der Waals surface area contributed by atoms with Crippen LogP contribution < -0.4 is 0 Å². The number of aliphatic hydroxyl groups excluding tert-OH is 1. The second-order valence-electron chi connectivity index (χ2n) is 13.7. The van der Waals surface area contributed by atoms with Crippen LogP contribution in [0.25, 0.3) is 55.0 Å². The zero-order chi connectivity index (χ0) is 35.8. The Bertz CT molecular complexity index is 2250. The van der Waals surface area contributed by atoms with Crippen molar-refractivity contribution >= 4 is 49.5 Å². The number of hydrogen-bond acceptors (Lipinski definition) is 6. The molecule has 1 N–H and O–H groups in total. The zero-order valence-corrected chi connectivity index (χ0v) is 33.2. The average Bonchev–Trinajstić information content (AvgIpc) is 3.47. The van der Waals surface area contributed by atoms with Crippen molar-refractivity contribution < 1.29 is 38.8 Å². The molecule has 0 aliphatic heterocycles. The van der Waals surface area contributed by atoms with Crippen LogP contribution in [0.5, 0.6) is 0 Å². The number of carbonyl (C=O) groups excluding carboxylic acids is 1. The van der Waals surface area contributed by atoms with Crippen molar-refractivity contribution in [2.45, 2.75) is 94.9 Å². The van der Waals surface area contributed by atoms with Crippen LogP contribution >= 0.6 is 0 Å². The molecule has 0 aliphatic rings. The predicted molar refractivity (Wildman–Crippen MR) is 198 cm³/mol. The van der Waals surface area contributed by atoms with Crippen molar-refractivity contribution in [3.05, 3.63) is 88.8 Å². The van der Waals surface area contributed by atoms with E-state index in [0.717, 1.165) is 75.1 Å². The number of carbonyl (C=O) groups is 1. The Morgan fingerprint density at radius 2 is 1.52 bits per heavy atom. The Labute approximate surface area is 308 Å². The number of benzene rings is 3. The second-order valence-corrected chi connectivity index (χ2v) is 13.7. The molecule has 6 aromatic rings. The number of aliphatic hydroxyl groups is 1. The van der Waals surface area contributed by atoms with E-state index in [1.807, 2.05) is 97.9 Å². The van der Waals surface area contributed by atoms with Crippen LogP contribution in [-0.2, 0) is 24.9 Å². The van der Waals surface area contributed by atoms with Gasteiger partial charge in [0.25, 0.3) is 0 Å². The monoisotopic (exact) mass is 853 g/mol. The average molecular weight is 853 g/mol. The summed E-state index contributed by atoms with van der Waals surface area (Å²) in [5.41, 5.74) is 5.00. The summed E-state index contributed by atoms with van der Waals surface area (Å²) in [6.45, 7) is 19.5. The number of aryl methyl sites for hydroxylation is 4. The minimum atomic E-state index is -0.337. The summed E-state index contributed by atoms with van der Waals surface area (Å²) < 4.78 is 21.0. The summed E-state index contributed by atoms with van der Waals surface area (Å²) in [4.78, 5) is 26.2. The molecule has 0 bridgehead atoms. The minimum Gasteiger partial charge on any atom is -0.512 e. The number of fused-ring (bicyclic) bond motifs is 6. The molecule has 6 nitrogen and oxygen atoms in total. The Kier molecular flexibility index (Phi) is 11.7. The molecule has 3 heterocycles. The van der Waals surface area contributed by atoms with Gasteiger partial charge in [0.1, 0.15) is 17.4 Å². The van der Waals surface area contributed by atoms with Gasteiger partial charge in [0.2, 0.25) is 5.71 Å². The van der Waals surface area contributed by atoms with Gasteiger partial charge in [-0.05, 0) is 93.5 Å². The molecule has 0 spiro atoms. The Hall–Kier alpha value is -4.00. The minimum absolute atomic E-state index is 0. The SMILES string of the molecule is CCC(C)(CC)C(=O)/C=C(\O)C(C)(CC)CC.Cc1ccc2c(n1)oc1c(-c3nc(C)nc4c3ccc3cc(C)c(F)c(C)c34)[c-]ccc12.[Ir]. The van der Waals surface area contributed by atoms with Crippen LogP contribution in [0.1, 0.15) is 89.9 Å². The number of ketones is 1. The maximum absolute atomic E-state index is 14.8. The van der Waals surface area contributed by atoms with Crippen molar-refractivity contribution in [1.82, 2.24) is 15.0 Å². The molecule has 0 aliphatic carbocycles. The van der Waals surface area contributed by atoms with Gasteiger partial charge in [-0.3, -0.25) is 9.78 Å². The van der Waals surface area contributed by atoms with Crippen molar-refractivity contribution in [3.63, 3.8) is 0 Å². The van der Waals surface area contributed by atoms with Crippen LogP contribution in [0, 0.1) is 50.4 Å². The first-order chi connectivity index (χ1) is 23.2. The van der Waals surface area contributed by atoms with Gasteiger partial charge in [-0.15, -0.1) is 18.2 Å². The Morgan fingerprint density at radius 3 is 2.16 bits per heavy atom. The number of allylic oxidation sites excluding steroid dienone is 2. The van der Waals surface area contributed by atoms with E-state index >= 15 is 0 Å². The summed E-state index contributed by atoms with van der Waals surface area (Å²) in [5.74, 6) is 0.694. The van der Waals surface area contributed by atoms with Crippen molar-refractivity contribution in [2.24, 2.45) is 10.8 Å².